The van der Waals surface area contributed by atoms with Crippen LogP contribution in [-0.4, -0.2) is 32.2 Å². The lowest BCUT2D eigenvalue weighted by Crippen LogP contribution is -2.22. The second kappa shape index (κ2) is 7.25. The molecule has 24 heavy (non-hydrogen) atoms. The number of benzene rings is 2. The van der Waals surface area contributed by atoms with E-state index in [0.29, 0.717) is 30.3 Å². The minimum atomic E-state index is -0.201. The molecule has 1 aliphatic heterocycles. The molecule has 0 aliphatic carbocycles. The SMILES string of the molecule is CCN(CC)c1ccc(NC(=O)c2cccc3c2OCCO3)cc1. The highest BCUT2D eigenvalue weighted by Gasteiger charge is 2.20. The van der Waals surface area contributed by atoms with E-state index in [1.54, 1.807) is 12.1 Å². The van der Waals surface area contributed by atoms with Gasteiger partial charge in [-0.15, -0.1) is 0 Å². The first-order valence-electron chi connectivity index (χ1n) is 8.28. The largest absolute Gasteiger partial charge is 0.486 e. The summed E-state index contributed by atoms with van der Waals surface area (Å²) in [7, 11) is 0. The van der Waals surface area contributed by atoms with Crippen LogP contribution < -0.4 is 19.7 Å². The van der Waals surface area contributed by atoms with Gasteiger partial charge in [0.15, 0.2) is 11.5 Å². The van der Waals surface area contributed by atoms with Crippen LogP contribution in [0, 0.1) is 0 Å². The fourth-order valence-corrected chi connectivity index (χ4v) is 2.80. The predicted molar refractivity (Wildman–Crippen MR) is 95.4 cm³/mol. The number of nitrogens with zero attached hydrogens (tertiary/aromatic N) is 1. The van der Waals surface area contributed by atoms with E-state index < -0.39 is 0 Å². The average Bonchev–Trinajstić information content (AvgIpc) is 2.63. The highest BCUT2D eigenvalue weighted by atomic mass is 16.6. The van der Waals surface area contributed by atoms with E-state index in [4.69, 9.17) is 9.47 Å². The Morgan fingerprint density at radius 3 is 2.46 bits per heavy atom. The van der Waals surface area contributed by atoms with Crippen molar-refractivity contribution >= 4 is 17.3 Å². The van der Waals surface area contributed by atoms with Gasteiger partial charge in [-0.2, -0.15) is 0 Å². The quantitative estimate of drug-likeness (QED) is 0.913. The summed E-state index contributed by atoms with van der Waals surface area (Å²) in [6.07, 6.45) is 0. The zero-order valence-electron chi connectivity index (χ0n) is 14.0. The molecule has 2 aromatic carbocycles. The first kappa shape index (κ1) is 16.2. The van der Waals surface area contributed by atoms with Crippen molar-refractivity contribution in [3.05, 3.63) is 48.0 Å². The number of para-hydroxylation sites is 1. The van der Waals surface area contributed by atoms with Gasteiger partial charge >= 0.3 is 0 Å². The maximum atomic E-state index is 12.6. The zero-order valence-corrected chi connectivity index (χ0v) is 14.0. The number of amides is 1. The lowest BCUT2D eigenvalue weighted by atomic mass is 10.1. The van der Waals surface area contributed by atoms with Crippen molar-refractivity contribution in [2.24, 2.45) is 0 Å². The van der Waals surface area contributed by atoms with E-state index in [1.165, 1.54) is 0 Å². The van der Waals surface area contributed by atoms with Crippen LogP contribution in [0.3, 0.4) is 0 Å². The van der Waals surface area contributed by atoms with E-state index in [1.807, 2.05) is 30.3 Å². The molecular formula is C19H22N2O3. The Morgan fingerprint density at radius 1 is 1.04 bits per heavy atom. The van der Waals surface area contributed by atoms with Crippen molar-refractivity contribution in [3.8, 4) is 11.5 Å². The van der Waals surface area contributed by atoms with E-state index >= 15 is 0 Å². The van der Waals surface area contributed by atoms with Gasteiger partial charge in [0.1, 0.15) is 13.2 Å². The minimum Gasteiger partial charge on any atom is -0.486 e. The van der Waals surface area contributed by atoms with Crippen LogP contribution in [0.4, 0.5) is 11.4 Å². The molecule has 0 unspecified atom stereocenters. The van der Waals surface area contributed by atoms with Crippen LogP contribution in [0.5, 0.6) is 11.5 Å². The predicted octanol–water partition coefficient (Wildman–Crippen LogP) is 3.56. The highest BCUT2D eigenvalue weighted by molar-refractivity contribution is 6.06. The molecule has 1 amide bonds. The first-order valence-corrected chi connectivity index (χ1v) is 8.28. The molecule has 5 nitrogen and oxygen atoms in total. The summed E-state index contributed by atoms with van der Waals surface area (Å²) < 4.78 is 11.1. The van der Waals surface area contributed by atoms with Gasteiger partial charge in [0, 0.05) is 24.5 Å². The summed E-state index contributed by atoms with van der Waals surface area (Å²) in [6, 6.07) is 13.2. The number of rotatable bonds is 5. The van der Waals surface area contributed by atoms with Gasteiger partial charge in [-0.1, -0.05) is 6.07 Å². The van der Waals surface area contributed by atoms with Gasteiger partial charge < -0.3 is 19.7 Å². The fourth-order valence-electron chi connectivity index (χ4n) is 2.80. The topological polar surface area (TPSA) is 50.8 Å². The summed E-state index contributed by atoms with van der Waals surface area (Å²) in [5.74, 6) is 0.930. The van der Waals surface area contributed by atoms with Crippen molar-refractivity contribution in [1.29, 1.82) is 0 Å². The number of anilines is 2. The van der Waals surface area contributed by atoms with Gasteiger partial charge in [-0.05, 0) is 50.2 Å². The van der Waals surface area contributed by atoms with Crippen molar-refractivity contribution < 1.29 is 14.3 Å². The number of carbonyl (C=O) groups excluding carboxylic acids is 1. The zero-order chi connectivity index (χ0) is 16.9. The van der Waals surface area contributed by atoms with Crippen LogP contribution in [-0.2, 0) is 0 Å². The van der Waals surface area contributed by atoms with Crippen LogP contribution in [0.25, 0.3) is 0 Å². The van der Waals surface area contributed by atoms with Crippen molar-refractivity contribution in [2.75, 3.05) is 36.5 Å². The second-order valence-corrected chi connectivity index (χ2v) is 5.50. The number of fused-ring (bicyclic) bond motifs is 1. The fraction of sp³-hybridized carbons (Fsp3) is 0.316. The number of hydrogen-bond acceptors (Lipinski definition) is 4. The molecule has 3 rings (SSSR count). The molecule has 0 atom stereocenters. The Morgan fingerprint density at radius 2 is 1.75 bits per heavy atom. The summed E-state index contributed by atoms with van der Waals surface area (Å²) in [5, 5.41) is 2.92. The third kappa shape index (κ3) is 3.30. The number of ether oxygens (including phenoxy) is 2. The maximum Gasteiger partial charge on any atom is 0.259 e. The molecule has 2 aromatic rings. The number of hydrogen-bond donors (Lipinski definition) is 1. The Hall–Kier alpha value is -2.69. The van der Waals surface area contributed by atoms with Crippen LogP contribution in [0.1, 0.15) is 24.2 Å². The third-order valence-corrected chi connectivity index (χ3v) is 4.06. The average molecular weight is 326 g/mol. The Kier molecular flexibility index (Phi) is 4.89. The van der Waals surface area contributed by atoms with E-state index in [-0.39, 0.29) is 5.91 Å². The van der Waals surface area contributed by atoms with E-state index in [0.717, 1.165) is 24.5 Å². The van der Waals surface area contributed by atoms with Crippen LogP contribution >= 0.6 is 0 Å². The molecule has 0 aromatic heterocycles. The normalized spacial score (nSPS) is 12.6. The Labute approximate surface area is 142 Å². The van der Waals surface area contributed by atoms with Gasteiger partial charge in [0.25, 0.3) is 5.91 Å². The first-order chi connectivity index (χ1) is 11.7. The van der Waals surface area contributed by atoms with Gasteiger partial charge in [0.05, 0.1) is 5.56 Å². The summed E-state index contributed by atoms with van der Waals surface area (Å²) >= 11 is 0. The third-order valence-electron chi connectivity index (χ3n) is 4.06. The molecule has 1 heterocycles. The van der Waals surface area contributed by atoms with E-state index in [9.17, 15) is 4.79 Å². The van der Waals surface area contributed by atoms with Gasteiger partial charge in [0.2, 0.25) is 0 Å². The number of nitrogens with one attached hydrogen (secondary N) is 1. The highest BCUT2D eigenvalue weighted by Crippen LogP contribution is 2.34. The van der Waals surface area contributed by atoms with Crippen molar-refractivity contribution in [1.82, 2.24) is 0 Å². The number of carbonyl (C=O) groups is 1. The Bertz CT molecular complexity index is 709. The molecule has 1 N–H and O–H groups in total. The molecule has 0 saturated heterocycles. The van der Waals surface area contributed by atoms with Crippen LogP contribution in [0.15, 0.2) is 42.5 Å². The molecule has 0 spiro atoms. The molecular weight excluding hydrogens is 304 g/mol. The van der Waals surface area contributed by atoms with Crippen LogP contribution in [0.2, 0.25) is 0 Å². The van der Waals surface area contributed by atoms with Crippen molar-refractivity contribution in [2.45, 2.75) is 13.8 Å². The molecule has 0 fully saturated rings. The summed E-state index contributed by atoms with van der Waals surface area (Å²) in [5.41, 5.74) is 2.39. The monoisotopic (exact) mass is 326 g/mol. The van der Waals surface area contributed by atoms with E-state index in [2.05, 4.69) is 24.1 Å². The molecule has 126 valence electrons. The minimum absolute atomic E-state index is 0.201. The summed E-state index contributed by atoms with van der Waals surface area (Å²) in [6.45, 7) is 7.12. The van der Waals surface area contributed by atoms with Gasteiger partial charge in [-0.25, -0.2) is 0 Å². The summed E-state index contributed by atoms with van der Waals surface area (Å²) in [4.78, 5) is 14.8. The van der Waals surface area contributed by atoms with Crippen molar-refractivity contribution in [3.63, 3.8) is 0 Å². The Balaban J connectivity index is 1.76. The molecule has 0 bridgehead atoms. The molecule has 5 heteroatoms. The lowest BCUT2D eigenvalue weighted by Gasteiger charge is -2.21. The molecule has 0 saturated carbocycles. The second-order valence-electron chi connectivity index (χ2n) is 5.50. The smallest absolute Gasteiger partial charge is 0.259 e. The van der Waals surface area contributed by atoms with Gasteiger partial charge in [-0.3, -0.25) is 4.79 Å². The maximum absolute atomic E-state index is 12.6. The lowest BCUT2D eigenvalue weighted by molar-refractivity contribution is 0.101. The standard InChI is InChI=1S/C19H22N2O3/c1-3-21(4-2)15-10-8-14(9-11-15)20-19(22)16-6-5-7-17-18(16)24-13-12-23-17/h5-11H,3-4,12-13H2,1-2H3,(H,20,22). The molecule has 1 aliphatic rings. The molecule has 0 radical (unpaired) electrons.